The van der Waals surface area contributed by atoms with Crippen molar-refractivity contribution in [3.63, 3.8) is 0 Å². The highest BCUT2D eigenvalue weighted by Crippen LogP contribution is 2.63. The van der Waals surface area contributed by atoms with Crippen LogP contribution in [0.3, 0.4) is 0 Å². The summed E-state index contributed by atoms with van der Waals surface area (Å²) in [5, 5.41) is 12.0. The zero-order valence-electron chi connectivity index (χ0n) is 30.0. The lowest BCUT2D eigenvalue weighted by Crippen LogP contribution is -2.31. The Morgan fingerprint density at radius 2 is 0.911 bits per heavy atom. The molecule has 11 rings (SSSR count). The van der Waals surface area contributed by atoms with Crippen LogP contribution in [0.25, 0.3) is 67.2 Å². The average molecular weight is 731 g/mol. The van der Waals surface area contributed by atoms with Gasteiger partial charge in [-0.2, -0.15) is 5.26 Å². The summed E-state index contributed by atoms with van der Waals surface area (Å²) in [4.78, 5) is 18.1. The van der Waals surface area contributed by atoms with E-state index in [1.807, 2.05) is 36.0 Å². The first kappa shape index (κ1) is 32.3. The van der Waals surface area contributed by atoms with E-state index in [2.05, 4.69) is 164 Å². The molecule has 8 aromatic carbocycles. The maximum absolute atomic E-state index is 9.55. The number of hydrogen-bond donors (Lipinski definition) is 0. The van der Waals surface area contributed by atoms with E-state index in [-0.39, 0.29) is 0 Å². The molecule has 1 spiro atoms. The molecular formula is C51H30N4S. The fourth-order valence-electron chi connectivity index (χ4n) is 8.81. The van der Waals surface area contributed by atoms with E-state index >= 15 is 0 Å². The second-order valence-electron chi connectivity index (χ2n) is 14.2. The Balaban J connectivity index is 1.13. The molecule has 1 aliphatic heterocycles. The van der Waals surface area contributed by atoms with E-state index in [9.17, 15) is 5.26 Å². The molecule has 5 heteroatoms. The van der Waals surface area contributed by atoms with Gasteiger partial charge >= 0.3 is 0 Å². The molecule has 9 aromatic rings. The van der Waals surface area contributed by atoms with E-state index in [0.717, 1.165) is 27.8 Å². The van der Waals surface area contributed by atoms with Crippen molar-refractivity contribution in [3.05, 3.63) is 210 Å². The van der Waals surface area contributed by atoms with Gasteiger partial charge in [0.25, 0.3) is 0 Å². The molecule has 56 heavy (non-hydrogen) atoms. The van der Waals surface area contributed by atoms with Gasteiger partial charge in [-0.05, 0) is 91.7 Å². The standard InChI is InChI=1S/C51H30N4S/c52-31-32-23-25-35(26-24-32)48-53-49(36-29-27-34(28-30-36)38-15-9-12-33-11-1-2-13-37(33)38)55-50(54-48)40-16-10-20-44-47(40)39-14-3-4-17-41(39)51(44)42-18-5-7-21-45(42)56-46-22-8-6-19-43(46)51/h1-30H. The molecular weight excluding hydrogens is 701 g/mol. The molecule has 0 bridgehead atoms. The molecule has 0 saturated heterocycles. The molecule has 0 N–H and O–H groups in total. The third-order valence-electron chi connectivity index (χ3n) is 11.3. The van der Waals surface area contributed by atoms with Crippen LogP contribution < -0.4 is 0 Å². The van der Waals surface area contributed by atoms with E-state index in [0.29, 0.717) is 23.0 Å². The van der Waals surface area contributed by atoms with Gasteiger partial charge in [-0.25, -0.2) is 15.0 Å². The van der Waals surface area contributed by atoms with Gasteiger partial charge in [-0.3, -0.25) is 0 Å². The SMILES string of the molecule is N#Cc1ccc(-c2nc(-c3ccc(-c4cccc5ccccc45)cc3)nc(-c3cccc4c3-c3ccccc3C43c4ccccc4Sc4ccccc43)n2)cc1. The first-order valence-electron chi connectivity index (χ1n) is 18.7. The van der Waals surface area contributed by atoms with E-state index in [1.54, 1.807) is 0 Å². The predicted octanol–water partition coefficient (Wildman–Crippen LogP) is 12.4. The van der Waals surface area contributed by atoms with Crippen molar-refractivity contribution in [2.24, 2.45) is 0 Å². The van der Waals surface area contributed by atoms with Crippen molar-refractivity contribution in [3.8, 4) is 62.5 Å². The lowest BCUT2D eigenvalue weighted by molar-refractivity contribution is 0.722. The van der Waals surface area contributed by atoms with Gasteiger partial charge in [0.15, 0.2) is 17.5 Å². The van der Waals surface area contributed by atoms with Gasteiger partial charge in [-0.15, -0.1) is 0 Å². The van der Waals surface area contributed by atoms with Crippen LogP contribution >= 0.6 is 11.8 Å². The molecule has 4 nitrogen and oxygen atoms in total. The minimum Gasteiger partial charge on any atom is -0.208 e. The molecule has 0 atom stereocenters. The number of nitriles is 1. The first-order valence-corrected chi connectivity index (χ1v) is 19.5. The molecule has 2 heterocycles. The summed E-state index contributed by atoms with van der Waals surface area (Å²) < 4.78 is 0. The van der Waals surface area contributed by atoms with E-state index in [1.165, 1.54) is 53.9 Å². The molecule has 0 unspecified atom stereocenters. The Labute approximate surface area is 328 Å². The Morgan fingerprint density at radius 3 is 1.62 bits per heavy atom. The summed E-state index contributed by atoms with van der Waals surface area (Å²) in [6, 6.07) is 66.2. The highest BCUT2D eigenvalue weighted by Gasteiger charge is 2.50. The largest absolute Gasteiger partial charge is 0.208 e. The van der Waals surface area contributed by atoms with Gasteiger partial charge in [0.2, 0.25) is 0 Å². The number of benzene rings is 8. The lowest BCUT2D eigenvalue weighted by atomic mass is 9.67. The average Bonchev–Trinajstić information content (AvgIpc) is 3.57. The number of fused-ring (bicyclic) bond motifs is 10. The summed E-state index contributed by atoms with van der Waals surface area (Å²) in [5.74, 6) is 1.74. The fourth-order valence-corrected chi connectivity index (χ4v) is 10.0. The van der Waals surface area contributed by atoms with Crippen LogP contribution in [0.15, 0.2) is 192 Å². The molecule has 0 fully saturated rings. The quantitative estimate of drug-likeness (QED) is 0.180. The van der Waals surface area contributed by atoms with Crippen LogP contribution in [0.5, 0.6) is 0 Å². The predicted molar refractivity (Wildman–Crippen MR) is 225 cm³/mol. The zero-order valence-corrected chi connectivity index (χ0v) is 30.8. The summed E-state index contributed by atoms with van der Waals surface area (Å²) in [6.45, 7) is 0. The second-order valence-corrected chi connectivity index (χ2v) is 15.3. The number of nitrogens with zero attached hydrogens (tertiary/aromatic N) is 4. The molecule has 2 aliphatic rings. The molecule has 260 valence electrons. The van der Waals surface area contributed by atoms with Gasteiger partial charge < -0.3 is 0 Å². The maximum Gasteiger partial charge on any atom is 0.164 e. The highest BCUT2D eigenvalue weighted by molar-refractivity contribution is 7.99. The summed E-state index contributed by atoms with van der Waals surface area (Å²) in [6.07, 6.45) is 0. The summed E-state index contributed by atoms with van der Waals surface area (Å²) in [7, 11) is 0. The number of rotatable bonds is 4. The monoisotopic (exact) mass is 730 g/mol. The van der Waals surface area contributed by atoms with Crippen molar-refractivity contribution < 1.29 is 0 Å². The topological polar surface area (TPSA) is 62.5 Å². The normalized spacial score (nSPS) is 13.1. The van der Waals surface area contributed by atoms with Crippen LogP contribution in [0.4, 0.5) is 0 Å². The Hall–Kier alpha value is -7.13. The summed E-state index contributed by atoms with van der Waals surface area (Å²) >= 11 is 1.84. The van der Waals surface area contributed by atoms with Crippen molar-refractivity contribution in [1.29, 1.82) is 5.26 Å². The third-order valence-corrected chi connectivity index (χ3v) is 12.4. The maximum atomic E-state index is 9.55. The van der Waals surface area contributed by atoms with Crippen molar-refractivity contribution >= 4 is 22.5 Å². The van der Waals surface area contributed by atoms with Crippen LogP contribution in [0.1, 0.15) is 27.8 Å². The first-order chi connectivity index (χ1) is 27.7. The van der Waals surface area contributed by atoms with Crippen molar-refractivity contribution in [1.82, 2.24) is 15.0 Å². The van der Waals surface area contributed by atoms with Crippen LogP contribution in [-0.2, 0) is 5.41 Å². The van der Waals surface area contributed by atoms with Gasteiger partial charge in [0.05, 0.1) is 17.0 Å². The second kappa shape index (κ2) is 12.7. The molecule has 1 aromatic heterocycles. The minimum atomic E-state index is -0.510. The van der Waals surface area contributed by atoms with Crippen molar-refractivity contribution in [2.75, 3.05) is 0 Å². The minimum absolute atomic E-state index is 0.510. The Bertz CT molecular complexity index is 3020. The molecule has 0 amide bonds. The third kappa shape index (κ3) is 4.83. The van der Waals surface area contributed by atoms with Crippen molar-refractivity contribution in [2.45, 2.75) is 15.2 Å². The summed E-state index contributed by atoms with van der Waals surface area (Å²) in [5.41, 5.74) is 12.4. The molecule has 1 aliphatic carbocycles. The van der Waals surface area contributed by atoms with E-state index < -0.39 is 5.41 Å². The van der Waals surface area contributed by atoms with Crippen LogP contribution in [-0.4, -0.2) is 15.0 Å². The highest BCUT2D eigenvalue weighted by atomic mass is 32.2. The fraction of sp³-hybridized carbons (Fsp3) is 0.0196. The van der Waals surface area contributed by atoms with Crippen LogP contribution in [0, 0.1) is 11.3 Å². The molecule has 0 radical (unpaired) electrons. The van der Waals surface area contributed by atoms with Gasteiger partial charge in [0.1, 0.15) is 0 Å². The smallest absolute Gasteiger partial charge is 0.164 e. The van der Waals surface area contributed by atoms with Crippen LogP contribution in [0.2, 0.25) is 0 Å². The van der Waals surface area contributed by atoms with E-state index in [4.69, 9.17) is 15.0 Å². The number of aromatic nitrogens is 3. The Kier molecular flexibility index (Phi) is 7.35. The Morgan fingerprint density at radius 1 is 0.411 bits per heavy atom. The molecule has 0 saturated carbocycles. The zero-order chi connectivity index (χ0) is 37.2. The number of hydrogen-bond acceptors (Lipinski definition) is 5. The van der Waals surface area contributed by atoms with Gasteiger partial charge in [-0.1, -0.05) is 157 Å². The van der Waals surface area contributed by atoms with Gasteiger partial charge in [0, 0.05) is 26.5 Å². The lowest BCUT2D eigenvalue weighted by Gasteiger charge is -2.39.